The van der Waals surface area contributed by atoms with Gasteiger partial charge in [-0.3, -0.25) is 0 Å². The molecule has 112 valence electrons. The van der Waals surface area contributed by atoms with Gasteiger partial charge in [-0.2, -0.15) is 0 Å². The fraction of sp³-hybridized carbons (Fsp3) is 0.417. The Morgan fingerprint density at radius 2 is 2.05 bits per heavy atom. The topological polar surface area (TPSA) is 92.7 Å². The van der Waals surface area contributed by atoms with E-state index in [0.29, 0.717) is 3.57 Å². The molecule has 2 N–H and O–H groups in total. The lowest BCUT2D eigenvalue weighted by Gasteiger charge is -2.23. The molecule has 0 fully saturated rings. The van der Waals surface area contributed by atoms with Crippen molar-refractivity contribution in [1.29, 1.82) is 0 Å². The van der Waals surface area contributed by atoms with Crippen molar-refractivity contribution in [1.82, 2.24) is 4.72 Å². The SMILES string of the molecule is COC(C)(C)CNS(=O)(=O)c1ccc(I)c(C(=O)O)c1. The first-order valence-corrected chi connectivity index (χ1v) is 8.23. The van der Waals surface area contributed by atoms with Crippen LogP contribution in [0.4, 0.5) is 0 Å². The quantitative estimate of drug-likeness (QED) is 0.693. The van der Waals surface area contributed by atoms with Crippen LogP contribution in [0, 0.1) is 3.57 Å². The maximum Gasteiger partial charge on any atom is 0.336 e. The normalized spacial score (nSPS) is 12.4. The third-order valence-electron chi connectivity index (χ3n) is 2.72. The molecule has 6 nitrogen and oxygen atoms in total. The van der Waals surface area contributed by atoms with Gasteiger partial charge in [0.05, 0.1) is 16.1 Å². The first-order chi connectivity index (χ1) is 9.09. The zero-order valence-electron chi connectivity index (χ0n) is 11.3. The second kappa shape index (κ2) is 6.37. The largest absolute Gasteiger partial charge is 0.478 e. The number of nitrogens with one attached hydrogen (secondary N) is 1. The summed E-state index contributed by atoms with van der Waals surface area (Å²) >= 11 is 1.84. The minimum atomic E-state index is -3.77. The van der Waals surface area contributed by atoms with Crippen molar-refractivity contribution in [2.45, 2.75) is 24.3 Å². The molecule has 0 spiro atoms. The van der Waals surface area contributed by atoms with Gasteiger partial charge in [-0.25, -0.2) is 17.9 Å². The summed E-state index contributed by atoms with van der Waals surface area (Å²) in [5.74, 6) is -1.16. The number of methoxy groups -OCH3 is 1. The lowest BCUT2D eigenvalue weighted by Crippen LogP contribution is -2.39. The number of hydrogen-bond donors (Lipinski definition) is 2. The van der Waals surface area contributed by atoms with Crippen LogP contribution in [0.5, 0.6) is 0 Å². The molecule has 0 heterocycles. The summed E-state index contributed by atoms with van der Waals surface area (Å²) in [6.45, 7) is 3.57. The van der Waals surface area contributed by atoms with Gasteiger partial charge >= 0.3 is 5.97 Å². The van der Waals surface area contributed by atoms with Crippen LogP contribution < -0.4 is 4.72 Å². The second-order valence-corrected chi connectivity index (χ2v) is 7.66. The minimum Gasteiger partial charge on any atom is -0.478 e. The number of benzene rings is 1. The van der Waals surface area contributed by atoms with Crippen molar-refractivity contribution in [3.63, 3.8) is 0 Å². The molecule has 20 heavy (non-hydrogen) atoms. The van der Waals surface area contributed by atoms with Gasteiger partial charge in [-0.1, -0.05) is 0 Å². The molecule has 0 aliphatic carbocycles. The Morgan fingerprint density at radius 1 is 1.45 bits per heavy atom. The Hall–Kier alpha value is -0.710. The molecule has 0 unspecified atom stereocenters. The smallest absolute Gasteiger partial charge is 0.336 e. The zero-order chi connectivity index (χ0) is 15.6. The number of hydrogen-bond acceptors (Lipinski definition) is 4. The molecule has 0 bridgehead atoms. The summed E-state index contributed by atoms with van der Waals surface area (Å²) in [7, 11) is -2.29. The maximum atomic E-state index is 12.1. The van der Waals surface area contributed by atoms with Crippen molar-refractivity contribution >= 4 is 38.6 Å². The van der Waals surface area contributed by atoms with Crippen molar-refractivity contribution in [2.75, 3.05) is 13.7 Å². The summed E-state index contributed by atoms with van der Waals surface area (Å²) in [5.41, 5.74) is -0.689. The first-order valence-electron chi connectivity index (χ1n) is 5.67. The van der Waals surface area contributed by atoms with E-state index < -0.39 is 21.6 Å². The molecule has 0 radical (unpaired) electrons. The van der Waals surface area contributed by atoms with E-state index in [-0.39, 0.29) is 17.0 Å². The van der Waals surface area contributed by atoms with Gasteiger partial charge in [0.1, 0.15) is 0 Å². The van der Waals surface area contributed by atoms with Crippen LogP contribution >= 0.6 is 22.6 Å². The van der Waals surface area contributed by atoms with Crippen LogP contribution in [-0.4, -0.2) is 38.7 Å². The van der Waals surface area contributed by atoms with Crippen LogP contribution in [-0.2, 0) is 14.8 Å². The van der Waals surface area contributed by atoms with Crippen LogP contribution in [0.3, 0.4) is 0 Å². The highest BCUT2D eigenvalue weighted by atomic mass is 127. The lowest BCUT2D eigenvalue weighted by atomic mass is 10.1. The van der Waals surface area contributed by atoms with E-state index in [9.17, 15) is 13.2 Å². The molecule has 1 aromatic carbocycles. The zero-order valence-corrected chi connectivity index (χ0v) is 14.3. The number of sulfonamides is 1. The average molecular weight is 413 g/mol. The van der Waals surface area contributed by atoms with Gasteiger partial charge in [0.2, 0.25) is 10.0 Å². The van der Waals surface area contributed by atoms with Crippen molar-refractivity contribution in [2.24, 2.45) is 0 Å². The fourth-order valence-electron chi connectivity index (χ4n) is 1.26. The van der Waals surface area contributed by atoms with Crippen LogP contribution in [0.15, 0.2) is 23.1 Å². The Bertz CT molecular complexity index is 612. The van der Waals surface area contributed by atoms with Gasteiger partial charge in [0, 0.05) is 17.2 Å². The molecule has 8 heteroatoms. The predicted molar refractivity (Wildman–Crippen MR) is 82.4 cm³/mol. The van der Waals surface area contributed by atoms with E-state index in [1.807, 2.05) is 22.6 Å². The number of carbonyl (C=O) groups is 1. The van der Waals surface area contributed by atoms with Crippen LogP contribution in [0.25, 0.3) is 0 Å². The molecule has 1 rings (SSSR count). The summed E-state index contributed by atoms with van der Waals surface area (Å²) < 4.78 is 32.2. The molecule has 0 aliphatic rings. The summed E-state index contributed by atoms with van der Waals surface area (Å²) in [6, 6.07) is 3.97. The van der Waals surface area contributed by atoms with E-state index in [0.717, 1.165) is 6.07 Å². The Balaban J connectivity index is 3.05. The van der Waals surface area contributed by atoms with Crippen LogP contribution in [0.1, 0.15) is 24.2 Å². The number of rotatable bonds is 6. The van der Waals surface area contributed by atoms with Gasteiger partial charge in [0.15, 0.2) is 0 Å². The van der Waals surface area contributed by atoms with Gasteiger partial charge in [-0.05, 0) is 54.6 Å². The molecule has 0 saturated heterocycles. The van der Waals surface area contributed by atoms with E-state index in [2.05, 4.69) is 4.72 Å². The number of carboxylic acid groups (broad SMARTS) is 1. The number of ether oxygens (including phenoxy) is 1. The predicted octanol–water partition coefficient (Wildman–Crippen LogP) is 1.69. The highest BCUT2D eigenvalue weighted by molar-refractivity contribution is 14.1. The molecule has 0 amide bonds. The summed E-state index contributed by atoms with van der Waals surface area (Å²) in [6.07, 6.45) is 0. The number of halogens is 1. The summed E-state index contributed by atoms with van der Waals surface area (Å²) in [5, 5.41) is 9.01. The molecule has 0 aromatic heterocycles. The fourth-order valence-corrected chi connectivity index (χ4v) is 3.05. The lowest BCUT2D eigenvalue weighted by molar-refractivity contribution is 0.0276. The monoisotopic (exact) mass is 413 g/mol. The highest BCUT2D eigenvalue weighted by Gasteiger charge is 2.23. The van der Waals surface area contributed by atoms with Crippen molar-refractivity contribution in [3.05, 3.63) is 27.3 Å². The Morgan fingerprint density at radius 3 is 2.55 bits per heavy atom. The van der Waals surface area contributed by atoms with Crippen LogP contribution in [0.2, 0.25) is 0 Å². The second-order valence-electron chi connectivity index (χ2n) is 4.74. The Labute approximate surface area is 131 Å². The first kappa shape index (κ1) is 17.3. The molecule has 0 saturated carbocycles. The van der Waals surface area contributed by atoms with E-state index >= 15 is 0 Å². The molecular formula is C12H16INO5S. The third kappa shape index (κ3) is 4.40. The number of aromatic carboxylic acids is 1. The molecular weight excluding hydrogens is 397 g/mol. The van der Waals surface area contributed by atoms with Crippen molar-refractivity contribution < 1.29 is 23.1 Å². The van der Waals surface area contributed by atoms with Crippen molar-refractivity contribution in [3.8, 4) is 0 Å². The average Bonchev–Trinajstić information content (AvgIpc) is 2.36. The van der Waals surface area contributed by atoms with E-state index in [1.165, 1.54) is 19.2 Å². The van der Waals surface area contributed by atoms with E-state index in [4.69, 9.17) is 9.84 Å². The molecule has 1 aromatic rings. The van der Waals surface area contributed by atoms with E-state index in [1.54, 1.807) is 13.8 Å². The standard InChI is InChI=1S/C12H16INO5S/c1-12(2,19-3)7-14-20(17,18)8-4-5-10(13)9(6-8)11(15)16/h4-6,14H,7H2,1-3H3,(H,15,16). The number of carboxylic acids is 1. The van der Waals surface area contributed by atoms with Gasteiger partial charge < -0.3 is 9.84 Å². The summed E-state index contributed by atoms with van der Waals surface area (Å²) in [4.78, 5) is 10.9. The van der Waals surface area contributed by atoms with Gasteiger partial charge in [0.25, 0.3) is 0 Å². The van der Waals surface area contributed by atoms with Gasteiger partial charge in [-0.15, -0.1) is 0 Å². The highest BCUT2D eigenvalue weighted by Crippen LogP contribution is 2.18. The molecule has 0 atom stereocenters. The molecule has 0 aliphatic heterocycles. The Kier molecular flexibility index (Phi) is 5.53. The minimum absolute atomic E-state index is 0.0422. The maximum absolute atomic E-state index is 12.1. The third-order valence-corrected chi connectivity index (χ3v) is 5.06.